The maximum Gasteiger partial charge on any atom is 0.243 e. The number of hydrogen-bond acceptors (Lipinski definition) is 8. The van der Waals surface area contributed by atoms with Gasteiger partial charge < -0.3 is 49.7 Å². The van der Waals surface area contributed by atoms with Crippen molar-refractivity contribution < 1.29 is 24.3 Å². The van der Waals surface area contributed by atoms with Gasteiger partial charge in [0.2, 0.25) is 23.6 Å². The molecular weight excluding hydrogens is 677 g/mol. The van der Waals surface area contributed by atoms with Gasteiger partial charge in [0.05, 0.1) is 74.9 Å². The maximum absolute atomic E-state index is 14.3. The summed E-state index contributed by atoms with van der Waals surface area (Å²) in [6.07, 6.45) is 0.112. The number of benzene rings is 2. The molecule has 0 aliphatic carbocycles. The lowest BCUT2D eigenvalue weighted by molar-refractivity contribution is -0.134. The summed E-state index contributed by atoms with van der Waals surface area (Å²) in [5.41, 5.74) is 30.5. The Bertz CT molecular complexity index is 1670. The minimum atomic E-state index is -2.89. The first-order chi connectivity index (χ1) is 24.7. The molecule has 0 aliphatic rings. The molecule has 0 bridgehead atoms. The van der Waals surface area contributed by atoms with E-state index in [0.717, 1.165) is 0 Å². The number of aliphatic imine (C=N–C) groups is 1. The number of nitrogens with zero attached hydrogens (tertiary/aromatic N) is 1. The van der Waals surface area contributed by atoms with Gasteiger partial charge >= 0.3 is 0 Å². The Labute approximate surface area is 327 Å². The molecule has 0 fully saturated rings. The van der Waals surface area contributed by atoms with Crippen LogP contribution in [0.5, 0.6) is 5.75 Å². The number of rotatable bonds is 19. The normalized spacial score (nSPS) is 14.4. The number of nitrogens with one attached hydrogen (secondary N) is 3. The van der Waals surface area contributed by atoms with Crippen molar-refractivity contribution >= 4 is 92.4 Å². The standard InChI is InChI=1S/C32H41B8N9O5/c1-15-11-18(50)12-16(2)19(15)14-22(48-25(52)20(41)9-6-10-46-28(43)44)26(53)49-23(29(33,34)30(35,36)31(37,38)32(39,40)45)27(54)47-21(24(42)51)13-17-7-4-3-5-8-17/h3-5,7-8,11-12,20-23,50H,6,9-10,13-14,41,45H2,1-2H3,(H2,42,51)(H,47,54)(H,48,52)(H,49,53)(H4,43,44,46)/t20-,21+,22+,23?/m1/s1. The first-order valence-corrected chi connectivity index (χ1v) is 16.7. The van der Waals surface area contributed by atoms with E-state index in [2.05, 4.69) is 20.9 Å². The molecule has 22 heteroatoms. The average Bonchev–Trinajstić information content (AvgIpc) is 3.05. The third-order valence-corrected chi connectivity index (χ3v) is 9.11. The molecule has 268 valence electrons. The number of primary amides is 1. The lowest BCUT2D eigenvalue weighted by atomic mass is 9.11. The minimum absolute atomic E-state index is 0.0426. The summed E-state index contributed by atoms with van der Waals surface area (Å²) >= 11 is 0. The molecule has 0 saturated carbocycles. The van der Waals surface area contributed by atoms with Gasteiger partial charge in [0.1, 0.15) is 17.8 Å². The summed E-state index contributed by atoms with van der Waals surface area (Å²) in [4.78, 5) is 58.3. The Balaban J connectivity index is 2.65. The van der Waals surface area contributed by atoms with Crippen LogP contribution in [0.15, 0.2) is 47.5 Å². The molecule has 2 rings (SSSR count). The Morgan fingerprint density at radius 2 is 1.31 bits per heavy atom. The first kappa shape index (κ1) is 46.0. The molecular formula is C32H41B8N9O5. The second kappa shape index (κ2) is 18.4. The van der Waals surface area contributed by atoms with Crippen molar-refractivity contribution in [3.8, 4) is 5.75 Å². The van der Waals surface area contributed by atoms with Gasteiger partial charge in [0.15, 0.2) is 5.96 Å². The third-order valence-electron chi connectivity index (χ3n) is 9.11. The van der Waals surface area contributed by atoms with Gasteiger partial charge in [-0.3, -0.25) is 24.2 Å². The zero-order valence-corrected chi connectivity index (χ0v) is 30.4. The van der Waals surface area contributed by atoms with E-state index in [1.807, 2.05) is 0 Å². The highest BCUT2D eigenvalue weighted by molar-refractivity contribution is 6.66. The van der Waals surface area contributed by atoms with Crippen LogP contribution in [0.4, 0.5) is 0 Å². The van der Waals surface area contributed by atoms with Crippen LogP contribution in [-0.2, 0) is 32.0 Å². The van der Waals surface area contributed by atoms with Gasteiger partial charge in [0.25, 0.3) is 0 Å². The topological polar surface area (TPSA) is 267 Å². The van der Waals surface area contributed by atoms with E-state index >= 15 is 0 Å². The van der Waals surface area contributed by atoms with Crippen LogP contribution >= 0.6 is 0 Å². The smallest absolute Gasteiger partial charge is 0.243 e. The zero-order valence-electron chi connectivity index (χ0n) is 30.4. The van der Waals surface area contributed by atoms with Crippen LogP contribution in [0, 0.1) is 13.8 Å². The van der Waals surface area contributed by atoms with Gasteiger partial charge in [-0.2, -0.15) is 0 Å². The largest absolute Gasteiger partial charge is 0.508 e. The predicted molar refractivity (Wildman–Crippen MR) is 215 cm³/mol. The van der Waals surface area contributed by atoms with E-state index in [9.17, 15) is 24.3 Å². The number of hydrogen-bond donors (Lipinski definition) is 9. The van der Waals surface area contributed by atoms with Gasteiger partial charge in [-0.15, -0.1) is 10.4 Å². The first-order valence-electron chi connectivity index (χ1n) is 16.7. The van der Waals surface area contributed by atoms with Crippen molar-refractivity contribution in [1.29, 1.82) is 0 Å². The number of nitrogens with two attached hydrogens (primary N) is 5. The molecule has 14 N–H and O–H groups in total. The molecule has 0 heterocycles. The Hall–Kier alpha value is -4.17. The quantitative estimate of drug-likeness (QED) is 0.0293. The van der Waals surface area contributed by atoms with Crippen molar-refractivity contribution in [2.24, 2.45) is 33.7 Å². The molecule has 0 saturated heterocycles. The Morgan fingerprint density at radius 3 is 1.81 bits per heavy atom. The number of carbonyl (C=O) groups excluding carboxylic acids is 4. The Kier molecular flexibility index (Phi) is 15.7. The molecule has 1 unspecified atom stereocenters. The van der Waals surface area contributed by atoms with Gasteiger partial charge in [-0.05, 0) is 61.1 Å². The van der Waals surface area contributed by atoms with Crippen molar-refractivity contribution in [2.45, 2.75) is 84.7 Å². The summed E-state index contributed by atoms with van der Waals surface area (Å²) < 4.78 is 0. The lowest BCUT2D eigenvalue weighted by Gasteiger charge is -2.63. The summed E-state index contributed by atoms with van der Waals surface area (Å²) in [6.45, 7) is 3.52. The van der Waals surface area contributed by atoms with Crippen LogP contribution in [0.3, 0.4) is 0 Å². The van der Waals surface area contributed by atoms with Gasteiger partial charge in [-0.1, -0.05) is 40.9 Å². The number of amides is 4. The average molecular weight is 718 g/mol. The Morgan fingerprint density at radius 1 is 0.778 bits per heavy atom. The second-order valence-corrected chi connectivity index (χ2v) is 13.6. The molecule has 4 amide bonds. The van der Waals surface area contributed by atoms with E-state index in [1.165, 1.54) is 12.1 Å². The molecule has 2 aromatic carbocycles. The summed E-state index contributed by atoms with van der Waals surface area (Å²) in [7, 11) is 49.4. The fraction of sp³-hybridized carbons (Fsp3) is 0.469. The van der Waals surface area contributed by atoms with E-state index in [1.54, 1.807) is 44.2 Å². The summed E-state index contributed by atoms with van der Waals surface area (Å²) in [5.74, 6) is -4.24. The molecule has 0 spiro atoms. The third kappa shape index (κ3) is 11.4. The number of aryl methyl sites for hydroxylation is 2. The second-order valence-electron chi connectivity index (χ2n) is 13.6. The van der Waals surface area contributed by atoms with Crippen molar-refractivity contribution in [3.05, 3.63) is 64.7 Å². The van der Waals surface area contributed by atoms with Crippen molar-refractivity contribution in [3.63, 3.8) is 0 Å². The predicted octanol–water partition coefficient (Wildman–Crippen LogP) is -4.58. The number of phenols is 1. The van der Waals surface area contributed by atoms with Crippen LogP contribution in [0.1, 0.15) is 35.1 Å². The van der Waals surface area contributed by atoms with E-state index in [4.69, 9.17) is 91.4 Å². The number of guanidine groups is 1. The molecule has 4 atom stereocenters. The highest BCUT2D eigenvalue weighted by atomic mass is 16.3. The molecule has 2 aromatic rings. The minimum Gasteiger partial charge on any atom is -0.508 e. The SMILES string of the molecule is [B]C([B])(N)C([B])([B])C([B])([B])C([B])([B])C(NC(=O)[C@H](Cc1c(C)cc(O)cc1C)NC(=O)[C@H](N)CCCN=C(N)N)C(=O)N[C@@H](Cc1ccccc1)C(N)=O. The van der Waals surface area contributed by atoms with Crippen LogP contribution in [0.25, 0.3) is 0 Å². The highest BCUT2D eigenvalue weighted by Crippen LogP contribution is 2.60. The zero-order chi connectivity index (χ0) is 41.4. The lowest BCUT2D eigenvalue weighted by Crippen LogP contribution is -2.67. The van der Waals surface area contributed by atoms with Crippen LogP contribution in [-0.4, -0.2) is 134 Å². The van der Waals surface area contributed by atoms with Crippen molar-refractivity contribution in [2.75, 3.05) is 6.54 Å². The molecule has 14 nitrogen and oxygen atoms in total. The van der Waals surface area contributed by atoms with E-state index in [-0.39, 0.29) is 37.5 Å². The fourth-order valence-electron chi connectivity index (χ4n) is 5.56. The van der Waals surface area contributed by atoms with Crippen LogP contribution in [0.2, 0.25) is 15.6 Å². The molecule has 0 aliphatic heterocycles. The molecule has 0 aromatic heterocycles. The highest BCUT2D eigenvalue weighted by Gasteiger charge is 2.54. The van der Waals surface area contributed by atoms with E-state index in [0.29, 0.717) is 28.7 Å². The maximum atomic E-state index is 14.3. The van der Waals surface area contributed by atoms with Crippen LogP contribution < -0.4 is 44.6 Å². The molecule has 54 heavy (non-hydrogen) atoms. The van der Waals surface area contributed by atoms with Gasteiger partial charge in [0, 0.05) is 19.4 Å². The monoisotopic (exact) mass is 719 g/mol. The number of phenolic OH excluding ortho intramolecular Hbond substituents is 1. The van der Waals surface area contributed by atoms with E-state index < -0.39 is 68.8 Å². The fourth-order valence-corrected chi connectivity index (χ4v) is 5.56. The summed E-state index contributed by atoms with van der Waals surface area (Å²) in [6, 6.07) is 5.11. The summed E-state index contributed by atoms with van der Waals surface area (Å²) in [5, 5.41) is 6.35. The van der Waals surface area contributed by atoms with Gasteiger partial charge in [-0.25, -0.2) is 0 Å². The van der Waals surface area contributed by atoms with Crippen molar-refractivity contribution in [1.82, 2.24) is 16.0 Å². The molecule has 16 radical (unpaired) electrons. The number of aromatic hydroxyl groups is 1. The number of carbonyl (C=O) groups is 4.